The van der Waals surface area contributed by atoms with Gasteiger partial charge in [-0.15, -0.1) is 0 Å². The zero-order valence-electron chi connectivity index (χ0n) is 10.5. The Morgan fingerprint density at radius 3 is 3.00 bits per heavy atom. The third-order valence-corrected chi connectivity index (χ3v) is 2.56. The lowest BCUT2D eigenvalue weighted by atomic mass is 10.2. The maximum Gasteiger partial charge on any atom is 0.182 e. The van der Waals surface area contributed by atoms with Crippen molar-refractivity contribution in [2.24, 2.45) is 4.99 Å². The lowest BCUT2D eigenvalue weighted by Gasteiger charge is -2.13. The molecule has 0 aliphatic heterocycles. The third kappa shape index (κ3) is 5.07. The van der Waals surface area contributed by atoms with Crippen LogP contribution in [0, 0.1) is 11.5 Å². The predicted octanol–water partition coefficient (Wildman–Crippen LogP) is 2.99. The molecule has 0 amide bonds. The maximum atomic E-state index is 8.47. The van der Waals surface area contributed by atoms with Gasteiger partial charge in [-0.05, 0) is 31.5 Å². The molecule has 1 N–H and O–H groups in total. The Morgan fingerprint density at radius 2 is 2.39 bits per heavy atom. The van der Waals surface area contributed by atoms with E-state index in [9.17, 15) is 0 Å². The highest BCUT2D eigenvalue weighted by Crippen LogP contribution is 2.17. The van der Waals surface area contributed by atoms with Crippen LogP contribution < -0.4 is 10.1 Å². The Bertz CT molecular complexity index is 454. The molecule has 0 bridgehead atoms. The summed E-state index contributed by atoms with van der Waals surface area (Å²) in [5.74, 6) is 1.32. The summed E-state index contributed by atoms with van der Waals surface area (Å²) in [7, 11) is 0. The van der Waals surface area contributed by atoms with Crippen molar-refractivity contribution in [1.82, 2.24) is 5.32 Å². The molecule has 1 atom stereocenters. The van der Waals surface area contributed by atoms with Crippen molar-refractivity contribution in [2.75, 3.05) is 6.61 Å². The molecule has 0 heterocycles. The molecule has 5 heteroatoms. The van der Waals surface area contributed by atoms with E-state index in [1.54, 1.807) is 19.1 Å². The Labute approximate surface area is 112 Å². The highest BCUT2D eigenvalue weighted by molar-refractivity contribution is 6.30. The van der Waals surface area contributed by atoms with E-state index >= 15 is 0 Å². The van der Waals surface area contributed by atoms with Gasteiger partial charge in [0.15, 0.2) is 6.19 Å². The Hall–Kier alpha value is -1.73. The fourth-order valence-electron chi connectivity index (χ4n) is 1.38. The number of amidine groups is 1. The number of halogens is 1. The largest absolute Gasteiger partial charge is 0.491 e. The summed E-state index contributed by atoms with van der Waals surface area (Å²) in [6.45, 7) is 4.24. The highest BCUT2D eigenvalue weighted by atomic mass is 35.5. The average molecular weight is 266 g/mol. The molecular weight excluding hydrogens is 250 g/mol. The van der Waals surface area contributed by atoms with Crippen LogP contribution in [0.2, 0.25) is 5.02 Å². The van der Waals surface area contributed by atoms with Crippen LogP contribution in [0.5, 0.6) is 5.75 Å². The van der Waals surface area contributed by atoms with Gasteiger partial charge < -0.3 is 4.74 Å². The van der Waals surface area contributed by atoms with Gasteiger partial charge in [0, 0.05) is 5.02 Å². The minimum Gasteiger partial charge on any atom is -0.491 e. The maximum absolute atomic E-state index is 8.47. The van der Waals surface area contributed by atoms with E-state index in [-0.39, 0.29) is 6.04 Å². The monoisotopic (exact) mass is 265 g/mol. The van der Waals surface area contributed by atoms with Crippen LogP contribution in [0.3, 0.4) is 0 Å². The highest BCUT2D eigenvalue weighted by Gasteiger charge is 2.06. The summed E-state index contributed by atoms with van der Waals surface area (Å²) in [6, 6.07) is 7.26. The van der Waals surface area contributed by atoms with Crippen LogP contribution in [0.4, 0.5) is 0 Å². The van der Waals surface area contributed by atoms with Crippen LogP contribution in [-0.2, 0) is 0 Å². The number of nitriles is 1. The lowest BCUT2D eigenvalue weighted by molar-refractivity contribution is 0.286. The molecule has 0 saturated carbocycles. The minimum absolute atomic E-state index is 0.0184. The van der Waals surface area contributed by atoms with Crippen molar-refractivity contribution in [1.29, 1.82) is 5.26 Å². The first-order valence-corrected chi connectivity index (χ1v) is 6.11. The summed E-state index contributed by atoms with van der Waals surface area (Å²) in [4.78, 5) is 4.35. The van der Waals surface area contributed by atoms with Crippen molar-refractivity contribution >= 4 is 17.4 Å². The zero-order chi connectivity index (χ0) is 13.4. The molecule has 4 nitrogen and oxygen atoms in total. The van der Waals surface area contributed by atoms with Crippen LogP contribution in [0.25, 0.3) is 0 Å². The van der Waals surface area contributed by atoms with Crippen molar-refractivity contribution in [3.63, 3.8) is 0 Å². The molecule has 0 spiro atoms. The van der Waals surface area contributed by atoms with E-state index in [4.69, 9.17) is 21.6 Å². The standard InChI is InChI=1S/C13H16ClN3O/c1-3-12(17-10(2)16-9-15)8-18-13-6-4-5-11(14)7-13/h4-7,12H,3,8H2,1-2H3,(H,16,17)/t12-/m1/s1. The van der Waals surface area contributed by atoms with Crippen LogP contribution in [0.15, 0.2) is 29.3 Å². The van der Waals surface area contributed by atoms with Gasteiger partial charge in [-0.2, -0.15) is 5.26 Å². The zero-order valence-corrected chi connectivity index (χ0v) is 11.2. The molecule has 0 aliphatic carbocycles. The van der Waals surface area contributed by atoms with E-state index < -0.39 is 0 Å². The van der Waals surface area contributed by atoms with Crippen molar-refractivity contribution in [3.8, 4) is 11.9 Å². The van der Waals surface area contributed by atoms with E-state index in [1.807, 2.05) is 25.2 Å². The van der Waals surface area contributed by atoms with Crippen molar-refractivity contribution in [3.05, 3.63) is 29.3 Å². The number of nitrogens with one attached hydrogen (secondary N) is 1. The summed E-state index contributed by atoms with van der Waals surface area (Å²) < 4.78 is 5.62. The SMILES string of the molecule is CC[C@H](COc1cccc(Cl)c1)N=C(C)NC#N. The number of hydrogen-bond donors (Lipinski definition) is 1. The minimum atomic E-state index is 0.0184. The van der Waals surface area contributed by atoms with Gasteiger partial charge in [0.25, 0.3) is 0 Å². The van der Waals surface area contributed by atoms with E-state index in [0.717, 1.165) is 12.2 Å². The normalized spacial score (nSPS) is 12.7. The number of nitrogens with zero attached hydrogens (tertiary/aromatic N) is 2. The van der Waals surface area contributed by atoms with Gasteiger partial charge in [-0.1, -0.05) is 24.6 Å². The molecule has 1 rings (SSSR count). The summed E-state index contributed by atoms with van der Waals surface area (Å²) >= 11 is 5.87. The first kappa shape index (κ1) is 14.3. The smallest absolute Gasteiger partial charge is 0.182 e. The Balaban J connectivity index is 2.55. The van der Waals surface area contributed by atoms with Gasteiger partial charge in [-0.25, -0.2) is 0 Å². The second-order valence-corrected chi connectivity index (χ2v) is 4.22. The molecule has 0 aliphatic rings. The predicted molar refractivity (Wildman–Crippen MR) is 72.9 cm³/mol. The lowest BCUT2D eigenvalue weighted by Crippen LogP contribution is -2.21. The topological polar surface area (TPSA) is 57.4 Å². The Kier molecular flexibility index (Phi) is 6.03. The quantitative estimate of drug-likeness (QED) is 0.385. The van der Waals surface area contributed by atoms with Crippen LogP contribution in [0.1, 0.15) is 20.3 Å². The second-order valence-electron chi connectivity index (χ2n) is 3.78. The Morgan fingerprint density at radius 1 is 1.61 bits per heavy atom. The number of benzene rings is 1. The average Bonchev–Trinajstić information content (AvgIpc) is 2.35. The van der Waals surface area contributed by atoms with Crippen LogP contribution in [-0.4, -0.2) is 18.5 Å². The molecular formula is C13H16ClN3O. The first-order chi connectivity index (χ1) is 8.65. The van der Waals surface area contributed by atoms with Gasteiger partial charge in [0.05, 0.1) is 6.04 Å². The molecule has 1 aromatic carbocycles. The van der Waals surface area contributed by atoms with E-state index in [2.05, 4.69) is 10.3 Å². The molecule has 18 heavy (non-hydrogen) atoms. The number of ether oxygens (including phenoxy) is 1. The molecule has 0 aromatic heterocycles. The van der Waals surface area contributed by atoms with E-state index in [1.165, 1.54) is 0 Å². The van der Waals surface area contributed by atoms with Crippen LogP contribution >= 0.6 is 11.6 Å². The van der Waals surface area contributed by atoms with Gasteiger partial charge >= 0.3 is 0 Å². The van der Waals surface area contributed by atoms with Crippen molar-refractivity contribution < 1.29 is 4.74 Å². The fourth-order valence-corrected chi connectivity index (χ4v) is 1.56. The molecule has 0 unspecified atom stereocenters. The molecule has 0 fully saturated rings. The van der Waals surface area contributed by atoms with Gasteiger partial charge in [0.2, 0.25) is 0 Å². The van der Waals surface area contributed by atoms with Gasteiger partial charge in [-0.3, -0.25) is 10.3 Å². The number of rotatable bonds is 5. The summed E-state index contributed by atoms with van der Waals surface area (Å²) in [6.07, 6.45) is 2.68. The second kappa shape index (κ2) is 7.57. The number of aliphatic imine (C=N–C) groups is 1. The summed E-state index contributed by atoms with van der Waals surface area (Å²) in [5.41, 5.74) is 0. The molecule has 96 valence electrons. The molecule has 0 saturated heterocycles. The summed E-state index contributed by atoms with van der Waals surface area (Å²) in [5, 5.41) is 11.6. The molecule has 0 radical (unpaired) electrons. The number of hydrogen-bond acceptors (Lipinski definition) is 3. The molecule has 1 aromatic rings. The van der Waals surface area contributed by atoms with Gasteiger partial charge in [0.1, 0.15) is 18.2 Å². The first-order valence-electron chi connectivity index (χ1n) is 5.73. The van der Waals surface area contributed by atoms with E-state index in [0.29, 0.717) is 17.5 Å². The van der Waals surface area contributed by atoms with Crippen molar-refractivity contribution in [2.45, 2.75) is 26.3 Å². The third-order valence-electron chi connectivity index (χ3n) is 2.32. The fraction of sp³-hybridized carbons (Fsp3) is 0.385.